The summed E-state index contributed by atoms with van der Waals surface area (Å²) in [6, 6.07) is 14.6. The second-order valence-electron chi connectivity index (χ2n) is 4.91. The summed E-state index contributed by atoms with van der Waals surface area (Å²) >= 11 is 0. The zero-order chi connectivity index (χ0) is 15.5. The summed E-state index contributed by atoms with van der Waals surface area (Å²) in [6.45, 7) is 1.99. The molecule has 2 aromatic rings. The summed E-state index contributed by atoms with van der Waals surface area (Å²) in [4.78, 5) is 0.311. The molecule has 1 N–H and O–H groups in total. The lowest BCUT2D eigenvalue weighted by Gasteiger charge is -2.18. The molecule has 0 aliphatic rings. The first-order valence-corrected chi connectivity index (χ1v) is 8.50. The van der Waals surface area contributed by atoms with Crippen LogP contribution in [0.2, 0.25) is 0 Å². The van der Waals surface area contributed by atoms with Crippen LogP contribution >= 0.6 is 0 Å². The molecule has 0 aromatic heterocycles. The highest BCUT2D eigenvalue weighted by molar-refractivity contribution is 7.90. The minimum absolute atomic E-state index is 0.0150. The summed E-state index contributed by atoms with van der Waals surface area (Å²) in [5.41, 5.74) is 1.67. The fourth-order valence-corrected chi connectivity index (χ4v) is 2.97. The number of hydrogen-bond acceptors (Lipinski definition) is 4. The van der Waals surface area contributed by atoms with Crippen LogP contribution in [0.4, 0.5) is 5.69 Å². The lowest BCUT2D eigenvalue weighted by Crippen LogP contribution is -2.10. The molecule has 0 aliphatic carbocycles. The molecule has 1 unspecified atom stereocenters. The van der Waals surface area contributed by atoms with Gasteiger partial charge in [-0.1, -0.05) is 24.3 Å². The number of nitrogens with one attached hydrogen (secondary N) is 1. The predicted octanol–water partition coefficient (Wildman–Crippen LogP) is 3.27. The van der Waals surface area contributed by atoms with Gasteiger partial charge in [0.2, 0.25) is 0 Å². The molecule has 1 atom stereocenters. The van der Waals surface area contributed by atoms with Gasteiger partial charge in [-0.25, -0.2) is 8.42 Å². The topological polar surface area (TPSA) is 55.4 Å². The van der Waals surface area contributed by atoms with Crippen molar-refractivity contribution in [1.29, 1.82) is 0 Å². The quantitative estimate of drug-likeness (QED) is 0.921. The molecule has 0 radical (unpaired) electrons. The van der Waals surface area contributed by atoms with E-state index in [-0.39, 0.29) is 6.04 Å². The number of para-hydroxylation sites is 1. The van der Waals surface area contributed by atoms with Crippen molar-refractivity contribution in [3.8, 4) is 5.75 Å². The van der Waals surface area contributed by atoms with Crippen molar-refractivity contribution in [2.24, 2.45) is 0 Å². The van der Waals surface area contributed by atoms with E-state index in [9.17, 15) is 8.42 Å². The van der Waals surface area contributed by atoms with Gasteiger partial charge in [0.25, 0.3) is 0 Å². The molecule has 2 aromatic carbocycles. The van der Waals surface area contributed by atoms with Crippen molar-refractivity contribution in [2.45, 2.75) is 17.9 Å². The maximum Gasteiger partial charge on any atom is 0.177 e. The largest absolute Gasteiger partial charge is 0.497 e. The molecule has 0 fully saturated rings. The van der Waals surface area contributed by atoms with Gasteiger partial charge in [-0.2, -0.15) is 0 Å². The first-order valence-electron chi connectivity index (χ1n) is 6.61. The number of methoxy groups -OCH3 is 1. The molecule has 112 valence electrons. The van der Waals surface area contributed by atoms with Gasteiger partial charge in [0.15, 0.2) is 9.84 Å². The number of anilines is 1. The zero-order valence-electron chi connectivity index (χ0n) is 12.3. The smallest absolute Gasteiger partial charge is 0.177 e. The van der Waals surface area contributed by atoms with E-state index in [1.54, 1.807) is 25.3 Å². The molecule has 5 heteroatoms. The maximum absolute atomic E-state index is 11.8. The highest BCUT2D eigenvalue weighted by atomic mass is 32.2. The van der Waals surface area contributed by atoms with Crippen LogP contribution in [0.1, 0.15) is 18.5 Å². The third kappa shape index (κ3) is 3.76. The van der Waals surface area contributed by atoms with Crippen molar-refractivity contribution in [3.05, 3.63) is 54.1 Å². The molecule has 0 aliphatic heterocycles. The summed E-state index contributed by atoms with van der Waals surface area (Å²) in [7, 11) is -1.63. The Hall–Kier alpha value is -2.01. The van der Waals surface area contributed by atoms with Crippen LogP contribution in [0.15, 0.2) is 53.4 Å². The van der Waals surface area contributed by atoms with Gasteiger partial charge in [0.1, 0.15) is 5.75 Å². The number of rotatable bonds is 5. The molecule has 2 rings (SSSR count). The van der Waals surface area contributed by atoms with Gasteiger partial charge in [-0.3, -0.25) is 0 Å². The summed E-state index contributed by atoms with van der Waals surface area (Å²) in [5.74, 6) is 0.794. The Labute approximate surface area is 125 Å². The van der Waals surface area contributed by atoms with Crippen molar-refractivity contribution in [3.63, 3.8) is 0 Å². The third-order valence-electron chi connectivity index (χ3n) is 3.27. The first kappa shape index (κ1) is 15.4. The highest BCUT2D eigenvalue weighted by Gasteiger charge is 2.14. The second-order valence-corrected chi connectivity index (χ2v) is 6.89. The second kappa shape index (κ2) is 6.18. The van der Waals surface area contributed by atoms with Crippen molar-refractivity contribution >= 4 is 15.5 Å². The van der Waals surface area contributed by atoms with Crippen LogP contribution in [0.25, 0.3) is 0 Å². The SMILES string of the molecule is COc1ccc(C(C)Nc2ccccc2S(C)(=O)=O)cc1. The Morgan fingerprint density at radius 3 is 2.24 bits per heavy atom. The molecule has 4 nitrogen and oxygen atoms in total. The van der Waals surface area contributed by atoms with E-state index in [0.29, 0.717) is 10.6 Å². The summed E-state index contributed by atoms with van der Waals surface area (Å²) in [5, 5.41) is 3.25. The van der Waals surface area contributed by atoms with E-state index in [4.69, 9.17) is 4.74 Å². The fraction of sp³-hybridized carbons (Fsp3) is 0.250. The average molecular weight is 305 g/mol. The van der Waals surface area contributed by atoms with Gasteiger partial charge < -0.3 is 10.1 Å². The van der Waals surface area contributed by atoms with Crippen molar-refractivity contribution in [1.82, 2.24) is 0 Å². The van der Waals surface area contributed by atoms with Gasteiger partial charge >= 0.3 is 0 Å². The van der Waals surface area contributed by atoms with Crippen LogP contribution in [-0.4, -0.2) is 21.8 Å². The normalized spacial score (nSPS) is 12.7. The Morgan fingerprint density at radius 1 is 1.05 bits per heavy atom. The van der Waals surface area contributed by atoms with E-state index in [2.05, 4.69) is 5.32 Å². The molecular formula is C16H19NO3S. The fourth-order valence-electron chi connectivity index (χ4n) is 2.12. The van der Waals surface area contributed by atoms with Gasteiger partial charge in [0, 0.05) is 12.3 Å². The number of ether oxygens (including phenoxy) is 1. The van der Waals surface area contributed by atoms with Crippen LogP contribution in [0, 0.1) is 0 Å². The molecular weight excluding hydrogens is 286 g/mol. The van der Waals surface area contributed by atoms with E-state index < -0.39 is 9.84 Å². The lowest BCUT2D eigenvalue weighted by atomic mass is 10.1. The molecule has 0 spiro atoms. The molecule has 21 heavy (non-hydrogen) atoms. The number of benzene rings is 2. The average Bonchev–Trinajstić information content (AvgIpc) is 2.47. The minimum Gasteiger partial charge on any atom is -0.497 e. The highest BCUT2D eigenvalue weighted by Crippen LogP contribution is 2.26. The monoisotopic (exact) mass is 305 g/mol. The molecule has 0 heterocycles. The lowest BCUT2D eigenvalue weighted by molar-refractivity contribution is 0.414. The van der Waals surface area contributed by atoms with Gasteiger partial charge in [-0.05, 0) is 36.8 Å². The van der Waals surface area contributed by atoms with Gasteiger partial charge in [0.05, 0.1) is 17.7 Å². The number of sulfone groups is 1. The predicted molar refractivity (Wildman–Crippen MR) is 84.6 cm³/mol. The first-order chi connectivity index (χ1) is 9.91. The zero-order valence-corrected chi connectivity index (χ0v) is 13.1. The van der Waals surface area contributed by atoms with Crippen LogP contribution in [0.5, 0.6) is 5.75 Å². The van der Waals surface area contributed by atoms with E-state index in [1.165, 1.54) is 6.26 Å². The molecule has 0 amide bonds. The van der Waals surface area contributed by atoms with Crippen molar-refractivity contribution < 1.29 is 13.2 Å². The van der Waals surface area contributed by atoms with Gasteiger partial charge in [-0.15, -0.1) is 0 Å². The maximum atomic E-state index is 11.8. The number of hydrogen-bond donors (Lipinski definition) is 1. The Morgan fingerprint density at radius 2 is 1.67 bits per heavy atom. The Bertz CT molecular complexity index is 709. The minimum atomic E-state index is -3.25. The summed E-state index contributed by atoms with van der Waals surface area (Å²) < 4.78 is 28.7. The standard InChI is InChI=1S/C16H19NO3S/c1-12(13-8-10-14(20-2)11-9-13)17-15-6-4-5-7-16(15)21(3,18)19/h4-12,17H,1-3H3. The Kier molecular flexibility index (Phi) is 4.53. The third-order valence-corrected chi connectivity index (χ3v) is 4.43. The molecule has 0 saturated carbocycles. The van der Waals surface area contributed by atoms with Crippen LogP contribution < -0.4 is 10.1 Å². The van der Waals surface area contributed by atoms with Crippen molar-refractivity contribution in [2.75, 3.05) is 18.7 Å². The van der Waals surface area contributed by atoms with E-state index >= 15 is 0 Å². The van der Waals surface area contributed by atoms with Crippen LogP contribution in [-0.2, 0) is 9.84 Å². The van der Waals surface area contributed by atoms with E-state index in [0.717, 1.165) is 11.3 Å². The molecule has 0 bridgehead atoms. The molecule has 0 saturated heterocycles. The summed E-state index contributed by atoms with van der Waals surface area (Å²) in [6.07, 6.45) is 1.21. The van der Waals surface area contributed by atoms with Crippen LogP contribution in [0.3, 0.4) is 0 Å². The van der Waals surface area contributed by atoms with E-state index in [1.807, 2.05) is 37.3 Å². The Balaban J connectivity index is 2.25.